The molecule has 41 valence electrons. The van der Waals surface area contributed by atoms with Crippen molar-refractivity contribution in [2.45, 2.75) is 6.92 Å². The molecule has 0 aliphatic rings. The molecule has 3 nitrogen and oxygen atoms in total. The van der Waals surface area contributed by atoms with Crippen LogP contribution >= 0.6 is 0 Å². The van der Waals surface area contributed by atoms with E-state index in [9.17, 15) is 5.11 Å². The van der Waals surface area contributed by atoms with E-state index in [2.05, 4.69) is 9.99 Å². The molecule has 3 heteroatoms. The van der Waals surface area contributed by atoms with Crippen molar-refractivity contribution in [3.63, 3.8) is 0 Å². The Labute approximate surface area is 42.6 Å². The van der Waals surface area contributed by atoms with Crippen molar-refractivity contribution in [3.05, 3.63) is 0 Å². The Morgan fingerprint density at radius 1 is 1.86 bits per heavy atom. The topological polar surface area (TPSA) is 41.5 Å². The van der Waals surface area contributed by atoms with Gasteiger partial charge in [-0.1, -0.05) is 5.16 Å². The predicted molar refractivity (Wildman–Crippen MR) is 25.7 cm³/mol. The quantitative estimate of drug-likeness (QED) is 0.368. The van der Waals surface area contributed by atoms with Crippen LogP contribution in [0.5, 0.6) is 0 Å². The molecule has 0 aromatic heterocycles. The van der Waals surface area contributed by atoms with E-state index in [1.54, 1.807) is 6.92 Å². The Morgan fingerprint density at radius 3 is 2.57 bits per heavy atom. The fraction of sp³-hybridized carbons (Fsp3) is 0.750. The highest BCUT2D eigenvalue weighted by atomic mass is 16.6. The second-order valence-corrected chi connectivity index (χ2v) is 1.15. The summed E-state index contributed by atoms with van der Waals surface area (Å²) < 4.78 is 0. The minimum atomic E-state index is -0.284. The van der Waals surface area contributed by atoms with Gasteiger partial charge in [-0.15, -0.1) is 0 Å². The van der Waals surface area contributed by atoms with Gasteiger partial charge in [0.1, 0.15) is 13.7 Å². The van der Waals surface area contributed by atoms with Crippen LogP contribution in [-0.2, 0) is 9.94 Å². The van der Waals surface area contributed by atoms with E-state index in [1.807, 2.05) is 0 Å². The van der Waals surface area contributed by atoms with Crippen LogP contribution in [-0.4, -0.2) is 19.4 Å². The molecule has 0 aliphatic carbocycles. The molecule has 0 fully saturated rings. The first-order valence-electron chi connectivity index (χ1n) is 1.96. The van der Waals surface area contributed by atoms with Gasteiger partial charge in [-0.25, -0.2) is 5.11 Å². The first-order chi connectivity index (χ1) is 3.31. The second kappa shape index (κ2) is 3.61. The molecule has 0 N–H and O–H groups in total. The molecule has 7 heavy (non-hydrogen) atoms. The monoisotopic (exact) mass is 102 g/mol. The van der Waals surface area contributed by atoms with Crippen molar-refractivity contribution < 1.29 is 9.94 Å². The zero-order chi connectivity index (χ0) is 5.70. The fourth-order valence-electron chi connectivity index (χ4n) is 0.182. The molecule has 0 saturated heterocycles. The van der Waals surface area contributed by atoms with E-state index in [0.717, 1.165) is 0 Å². The summed E-state index contributed by atoms with van der Waals surface area (Å²) in [6.07, 6.45) is 0. The highest BCUT2D eigenvalue weighted by Gasteiger charge is 1.83. The fourth-order valence-corrected chi connectivity index (χ4v) is 0.182. The summed E-state index contributed by atoms with van der Waals surface area (Å²) in [6, 6.07) is 0. The van der Waals surface area contributed by atoms with Gasteiger partial charge in [0, 0.05) is 0 Å². The van der Waals surface area contributed by atoms with Crippen LogP contribution < -0.4 is 0 Å². The van der Waals surface area contributed by atoms with Crippen molar-refractivity contribution in [2.24, 2.45) is 5.16 Å². The average molecular weight is 102 g/mol. The van der Waals surface area contributed by atoms with Gasteiger partial charge >= 0.3 is 0 Å². The molecule has 0 rings (SSSR count). The van der Waals surface area contributed by atoms with Gasteiger partial charge in [0.05, 0.1) is 5.71 Å². The van der Waals surface area contributed by atoms with E-state index in [4.69, 9.17) is 0 Å². The summed E-state index contributed by atoms with van der Waals surface area (Å²) in [4.78, 5) is 4.28. The van der Waals surface area contributed by atoms with Crippen molar-refractivity contribution in [1.29, 1.82) is 0 Å². The lowest BCUT2D eigenvalue weighted by Crippen LogP contribution is -1.95. The van der Waals surface area contributed by atoms with E-state index in [-0.39, 0.29) is 6.61 Å². The highest BCUT2D eigenvalue weighted by molar-refractivity contribution is 5.82. The summed E-state index contributed by atoms with van der Waals surface area (Å²) in [5, 5.41) is 13.2. The van der Waals surface area contributed by atoms with Gasteiger partial charge in [0.25, 0.3) is 0 Å². The summed E-state index contributed by atoms with van der Waals surface area (Å²) in [5.74, 6) is 0. The number of hydrogen-bond acceptors (Lipinski definition) is 2. The molecular weight excluding hydrogens is 94.0 g/mol. The first-order valence-corrected chi connectivity index (χ1v) is 1.96. The van der Waals surface area contributed by atoms with E-state index in [1.165, 1.54) is 7.11 Å². The molecule has 0 spiro atoms. The lowest BCUT2D eigenvalue weighted by Gasteiger charge is -1.87. The zero-order valence-electron chi connectivity index (χ0n) is 4.47. The van der Waals surface area contributed by atoms with Crippen LogP contribution in [0.3, 0.4) is 0 Å². The second-order valence-electron chi connectivity index (χ2n) is 1.15. The third kappa shape index (κ3) is 3.26. The van der Waals surface area contributed by atoms with Gasteiger partial charge in [-0.2, -0.15) is 0 Å². The maximum Gasteiger partial charge on any atom is 0.123 e. The van der Waals surface area contributed by atoms with Crippen LogP contribution in [0.15, 0.2) is 5.16 Å². The molecule has 0 aliphatic heterocycles. The van der Waals surface area contributed by atoms with E-state index >= 15 is 0 Å². The van der Waals surface area contributed by atoms with Crippen LogP contribution in [0.1, 0.15) is 6.92 Å². The Balaban J connectivity index is 3.29. The molecule has 0 saturated carbocycles. The Bertz CT molecular complexity index is 70.1. The molecule has 0 atom stereocenters. The van der Waals surface area contributed by atoms with E-state index < -0.39 is 0 Å². The molecule has 0 heterocycles. The summed E-state index contributed by atoms with van der Waals surface area (Å²) in [7, 11) is 1.42. The maximum absolute atomic E-state index is 9.81. The third-order valence-corrected chi connectivity index (χ3v) is 0.456. The van der Waals surface area contributed by atoms with Crippen molar-refractivity contribution in [2.75, 3.05) is 13.7 Å². The van der Waals surface area contributed by atoms with Gasteiger partial charge in [0.2, 0.25) is 0 Å². The molecule has 0 amide bonds. The zero-order valence-corrected chi connectivity index (χ0v) is 4.47. The van der Waals surface area contributed by atoms with Crippen molar-refractivity contribution in [1.82, 2.24) is 0 Å². The third-order valence-electron chi connectivity index (χ3n) is 0.456. The number of nitrogens with zero attached hydrogens (tertiary/aromatic N) is 1. The van der Waals surface area contributed by atoms with Crippen LogP contribution in [0.4, 0.5) is 0 Å². The normalized spacial score (nSPS) is 11.6. The Morgan fingerprint density at radius 2 is 2.43 bits per heavy atom. The minimum absolute atomic E-state index is 0.284. The summed E-state index contributed by atoms with van der Waals surface area (Å²) in [6.45, 7) is 1.34. The Kier molecular flexibility index (Phi) is 3.32. The minimum Gasteiger partial charge on any atom is -0.399 e. The number of rotatable bonds is 2. The van der Waals surface area contributed by atoms with Gasteiger partial charge < -0.3 is 4.84 Å². The van der Waals surface area contributed by atoms with Gasteiger partial charge in [-0.05, 0) is 6.92 Å². The molecule has 0 unspecified atom stereocenters. The summed E-state index contributed by atoms with van der Waals surface area (Å²) in [5.41, 5.74) is 0.475. The maximum atomic E-state index is 9.81. The summed E-state index contributed by atoms with van der Waals surface area (Å²) >= 11 is 0. The molecule has 1 radical (unpaired) electrons. The smallest absolute Gasteiger partial charge is 0.123 e. The largest absolute Gasteiger partial charge is 0.399 e. The molecule has 0 aromatic rings. The van der Waals surface area contributed by atoms with Crippen molar-refractivity contribution >= 4 is 5.71 Å². The lowest BCUT2D eigenvalue weighted by molar-refractivity contribution is 0.199. The van der Waals surface area contributed by atoms with Crippen LogP contribution in [0.25, 0.3) is 0 Å². The SMILES string of the molecule is CO/N=C(\C)C[O]. The number of hydrogen-bond donors (Lipinski definition) is 0. The van der Waals surface area contributed by atoms with Crippen molar-refractivity contribution in [3.8, 4) is 0 Å². The first kappa shape index (κ1) is 6.43. The van der Waals surface area contributed by atoms with E-state index in [0.29, 0.717) is 5.71 Å². The lowest BCUT2D eigenvalue weighted by atomic mass is 10.5. The Hall–Kier alpha value is -0.570. The standard InChI is InChI=1S/C4H8NO2/c1-4(3-6)5-7-2/h3H2,1-2H3/b5-4+. The van der Waals surface area contributed by atoms with Crippen LogP contribution in [0.2, 0.25) is 0 Å². The molecule has 0 bridgehead atoms. The predicted octanol–water partition coefficient (Wildman–Crippen LogP) is 0.439. The molecule has 0 aromatic carbocycles. The average Bonchev–Trinajstić information content (AvgIpc) is 1.68. The highest BCUT2D eigenvalue weighted by Crippen LogP contribution is 1.73. The van der Waals surface area contributed by atoms with Gasteiger partial charge in [-0.3, -0.25) is 0 Å². The van der Waals surface area contributed by atoms with Gasteiger partial charge in [0.15, 0.2) is 0 Å². The number of oxime groups is 1. The van der Waals surface area contributed by atoms with Crippen LogP contribution in [0, 0.1) is 0 Å². The molecular formula is C4H8NO2.